The molecule has 2 rings (SSSR count). The van der Waals surface area contributed by atoms with Crippen molar-refractivity contribution in [3.63, 3.8) is 0 Å². The Morgan fingerprint density at radius 2 is 2.11 bits per heavy atom. The van der Waals surface area contributed by atoms with Crippen LogP contribution >= 0.6 is 0 Å². The number of likely N-dealkylation sites (N-methyl/N-ethyl adjacent to an activating group) is 1. The van der Waals surface area contributed by atoms with Gasteiger partial charge in [-0.25, -0.2) is 0 Å². The van der Waals surface area contributed by atoms with E-state index in [0.29, 0.717) is 19.8 Å². The molecule has 2 unspecified atom stereocenters. The number of hydrogen-bond acceptors (Lipinski definition) is 3. The van der Waals surface area contributed by atoms with Crippen molar-refractivity contribution in [1.29, 1.82) is 0 Å². The number of amides is 1. The molecule has 4 nitrogen and oxygen atoms in total. The highest BCUT2D eigenvalue weighted by Gasteiger charge is 2.32. The van der Waals surface area contributed by atoms with E-state index in [1.807, 2.05) is 25.2 Å². The summed E-state index contributed by atoms with van der Waals surface area (Å²) in [5, 5.41) is 6.10. The maximum atomic E-state index is 12.0. The number of carbonyl (C=O) groups is 1. The van der Waals surface area contributed by atoms with Crippen molar-refractivity contribution in [3.05, 3.63) is 35.9 Å². The minimum Gasteiger partial charge on any atom is -0.379 e. The van der Waals surface area contributed by atoms with Crippen LogP contribution in [0.3, 0.4) is 0 Å². The van der Waals surface area contributed by atoms with Crippen LogP contribution < -0.4 is 10.6 Å². The van der Waals surface area contributed by atoms with Crippen LogP contribution in [0, 0.1) is 5.92 Å². The lowest BCUT2D eigenvalue weighted by atomic mass is 10.0. The summed E-state index contributed by atoms with van der Waals surface area (Å²) in [4.78, 5) is 12.0. The topological polar surface area (TPSA) is 50.4 Å². The molecule has 2 atom stereocenters. The molecule has 0 spiro atoms. The van der Waals surface area contributed by atoms with Crippen LogP contribution in [0.25, 0.3) is 0 Å². The minimum atomic E-state index is -0.0641. The lowest BCUT2D eigenvalue weighted by Gasteiger charge is -2.16. The van der Waals surface area contributed by atoms with E-state index in [9.17, 15) is 4.79 Å². The lowest BCUT2D eigenvalue weighted by molar-refractivity contribution is -0.125. The average molecular weight is 248 g/mol. The van der Waals surface area contributed by atoms with E-state index >= 15 is 0 Å². The molecule has 1 aromatic carbocycles. The monoisotopic (exact) mass is 248 g/mol. The molecular weight excluding hydrogens is 228 g/mol. The number of benzene rings is 1. The second-order valence-corrected chi connectivity index (χ2v) is 4.57. The van der Waals surface area contributed by atoms with E-state index in [1.165, 1.54) is 5.56 Å². The molecule has 1 aliphatic heterocycles. The Hall–Kier alpha value is -1.39. The molecule has 1 fully saturated rings. The molecule has 0 aliphatic carbocycles. The van der Waals surface area contributed by atoms with E-state index in [4.69, 9.17) is 4.74 Å². The molecule has 0 radical (unpaired) electrons. The number of carbonyl (C=O) groups excluding carboxylic acids is 1. The van der Waals surface area contributed by atoms with Gasteiger partial charge < -0.3 is 15.4 Å². The zero-order chi connectivity index (χ0) is 12.8. The number of hydrogen-bond donors (Lipinski definition) is 2. The fourth-order valence-electron chi connectivity index (χ4n) is 2.20. The zero-order valence-electron chi connectivity index (χ0n) is 10.7. The molecule has 1 aromatic rings. The van der Waals surface area contributed by atoms with Gasteiger partial charge in [-0.2, -0.15) is 0 Å². The first kappa shape index (κ1) is 13.1. The number of rotatable bonds is 5. The molecule has 1 heterocycles. The Morgan fingerprint density at radius 1 is 1.33 bits per heavy atom. The van der Waals surface area contributed by atoms with Gasteiger partial charge in [-0.3, -0.25) is 4.79 Å². The van der Waals surface area contributed by atoms with Crippen LogP contribution in [0.15, 0.2) is 30.3 Å². The molecule has 0 saturated carbocycles. The molecule has 4 heteroatoms. The van der Waals surface area contributed by atoms with Crippen molar-refractivity contribution in [2.45, 2.75) is 12.5 Å². The predicted octanol–water partition coefficient (Wildman–Crippen LogP) is 0.580. The molecule has 98 valence electrons. The second-order valence-electron chi connectivity index (χ2n) is 4.57. The van der Waals surface area contributed by atoms with Gasteiger partial charge in [-0.05, 0) is 19.0 Å². The highest BCUT2D eigenvalue weighted by atomic mass is 16.5. The van der Waals surface area contributed by atoms with E-state index < -0.39 is 0 Å². The first-order valence-corrected chi connectivity index (χ1v) is 6.38. The summed E-state index contributed by atoms with van der Waals surface area (Å²) in [5.41, 5.74) is 1.24. The third-order valence-electron chi connectivity index (χ3n) is 3.34. The summed E-state index contributed by atoms with van der Waals surface area (Å²) in [6.07, 6.45) is 0.865. The smallest absolute Gasteiger partial charge is 0.227 e. The van der Waals surface area contributed by atoms with Crippen molar-refractivity contribution >= 4 is 5.91 Å². The molecule has 1 saturated heterocycles. The number of nitrogens with one attached hydrogen (secondary N) is 2. The van der Waals surface area contributed by atoms with Gasteiger partial charge in [0.15, 0.2) is 0 Å². The lowest BCUT2D eigenvalue weighted by Crippen LogP contribution is -2.43. The van der Waals surface area contributed by atoms with E-state index in [2.05, 4.69) is 22.8 Å². The maximum absolute atomic E-state index is 12.0. The Morgan fingerprint density at radius 3 is 2.83 bits per heavy atom. The highest BCUT2D eigenvalue weighted by Crippen LogP contribution is 2.13. The van der Waals surface area contributed by atoms with E-state index in [-0.39, 0.29) is 17.9 Å². The van der Waals surface area contributed by atoms with Crippen LogP contribution in [0.1, 0.15) is 5.56 Å². The van der Waals surface area contributed by atoms with E-state index in [1.54, 1.807) is 0 Å². The summed E-state index contributed by atoms with van der Waals surface area (Å²) in [6, 6.07) is 10.3. The molecule has 18 heavy (non-hydrogen) atoms. The zero-order valence-corrected chi connectivity index (χ0v) is 10.7. The molecular formula is C14H20N2O2. The van der Waals surface area contributed by atoms with Gasteiger partial charge in [0, 0.05) is 12.6 Å². The maximum Gasteiger partial charge on any atom is 0.227 e. The van der Waals surface area contributed by atoms with Crippen molar-refractivity contribution in [1.82, 2.24) is 10.6 Å². The van der Waals surface area contributed by atoms with Crippen molar-refractivity contribution in [2.24, 2.45) is 5.92 Å². The van der Waals surface area contributed by atoms with Gasteiger partial charge in [-0.15, -0.1) is 0 Å². The molecule has 1 aliphatic rings. The van der Waals surface area contributed by atoms with Crippen molar-refractivity contribution < 1.29 is 9.53 Å². The predicted molar refractivity (Wildman–Crippen MR) is 70.3 cm³/mol. The fraction of sp³-hybridized carbons (Fsp3) is 0.500. The molecule has 0 bridgehead atoms. The third-order valence-corrected chi connectivity index (χ3v) is 3.34. The minimum absolute atomic E-state index is 0.0641. The summed E-state index contributed by atoms with van der Waals surface area (Å²) in [5.74, 6) is 0.0218. The van der Waals surface area contributed by atoms with Gasteiger partial charge in [-0.1, -0.05) is 30.3 Å². The Bertz CT molecular complexity index is 381. The Labute approximate surface area is 108 Å². The standard InChI is InChI=1S/C14H20N2O2/c1-15-13-10-18-9-12(13)14(17)16-8-7-11-5-3-2-4-6-11/h2-6,12-13,15H,7-10H2,1H3,(H,16,17). The van der Waals surface area contributed by atoms with Gasteiger partial charge in [0.25, 0.3) is 0 Å². The van der Waals surface area contributed by atoms with Gasteiger partial charge in [0.1, 0.15) is 0 Å². The average Bonchev–Trinajstić information content (AvgIpc) is 2.88. The third kappa shape index (κ3) is 3.31. The van der Waals surface area contributed by atoms with Crippen LogP contribution in [0.2, 0.25) is 0 Å². The van der Waals surface area contributed by atoms with Crippen LogP contribution in [0.5, 0.6) is 0 Å². The van der Waals surface area contributed by atoms with E-state index in [0.717, 1.165) is 6.42 Å². The molecule has 2 N–H and O–H groups in total. The van der Waals surface area contributed by atoms with Crippen LogP contribution in [-0.2, 0) is 16.0 Å². The van der Waals surface area contributed by atoms with Crippen LogP contribution in [-0.4, -0.2) is 38.8 Å². The fourth-order valence-corrected chi connectivity index (χ4v) is 2.20. The second kappa shape index (κ2) is 6.52. The van der Waals surface area contributed by atoms with Crippen molar-refractivity contribution in [3.8, 4) is 0 Å². The van der Waals surface area contributed by atoms with Gasteiger partial charge in [0.2, 0.25) is 5.91 Å². The summed E-state index contributed by atoms with van der Waals surface area (Å²) < 4.78 is 5.32. The quantitative estimate of drug-likeness (QED) is 0.801. The highest BCUT2D eigenvalue weighted by molar-refractivity contribution is 5.79. The first-order chi connectivity index (χ1) is 8.81. The largest absolute Gasteiger partial charge is 0.379 e. The Balaban J connectivity index is 1.75. The normalized spacial score (nSPS) is 22.9. The van der Waals surface area contributed by atoms with Crippen LogP contribution in [0.4, 0.5) is 0 Å². The van der Waals surface area contributed by atoms with Gasteiger partial charge >= 0.3 is 0 Å². The molecule has 1 amide bonds. The summed E-state index contributed by atoms with van der Waals surface area (Å²) >= 11 is 0. The summed E-state index contributed by atoms with van der Waals surface area (Å²) in [6.45, 7) is 1.81. The SMILES string of the molecule is CNC1COCC1C(=O)NCCc1ccccc1. The Kier molecular flexibility index (Phi) is 4.73. The first-order valence-electron chi connectivity index (χ1n) is 6.38. The van der Waals surface area contributed by atoms with Gasteiger partial charge in [0.05, 0.1) is 19.1 Å². The summed E-state index contributed by atoms with van der Waals surface area (Å²) in [7, 11) is 1.86. The molecule has 0 aromatic heterocycles. The number of ether oxygens (including phenoxy) is 1. The van der Waals surface area contributed by atoms with Crippen molar-refractivity contribution in [2.75, 3.05) is 26.8 Å².